The first-order valence-corrected chi connectivity index (χ1v) is 3.59. The zero-order valence-electron chi connectivity index (χ0n) is 7.31. The van der Waals surface area contributed by atoms with Gasteiger partial charge in [0.05, 0.1) is 18.6 Å². The van der Waals surface area contributed by atoms with Crippen LogP contribution in [0, 0.1) is 0 Å². The number of carbonyl (C=O) groups is 1. The fourth-order valence-corrected chi connectivity index (χ4v) is 0.522. The molecule has 0 heterocycles. The lowest BCUT2D eigenvalue weighted by Crippen LogP contribution is -2.31. The van der Waals surface area contributed by atoms with Gasteiger partial charge in [0.2, 0.25) is 5.91 Å². The second-order valence-corrected chi connectivity index (χ2v) is 3.28. The number of carbonyl (C=O) groups excluding carboxylic acids is 1. The smallest absolute Gasteiger partial charge is 0.236 e. The number of hydrazine groups is 1. The van der Waals surface area contributed by atoms with E-state index < -0.39 is 0 Å². The number of amides is 1. The number of rotatable bonds is 3. The minimum Gasteiger partial charge on any atom is -0.375 e. The maximum atomic E-state index is 10.6. The highest BCUT2D eigenvalue weighted by Crippen LogP contribution is 2.06. The molecule has 0 aliphatic heterocycles. The van der Waals surface area contributed by atoms with Gasteiger partial charge in [-0.05, 0) is 20.8 Å². The molecule has 0 bridgehead atoms. The fraction of sp³-hybridized carbons (Fsp3) is 0.857. The van der Waals surface area contributed by atoms with Crippen molar-refractivity contribution in [3.8, 4) is 0 Å². The Morgan fingerprint density at radius 1 is 1.55 bits per heavy atom. The summed E-state index contributed by atoms with van der Waals surface area (Å²) in [5.74, 6) is 4.67. The number of nitrogens with one attached hydrogen (secondary N) is 1. The van der Waals surface area contributed by atoms with Crippen LogP contribution in [0.1, 0.15) is 27.2 Å². The minimum absolute atomic E-state index is 0.186. The van der Waals surface area contributed by atoms with Crippen LogP contribution in [0.4, 0.5) is 0 Å². The highest BCUT2D eigenvalue weighted by atomic mass is 16.5. The molecule has 0 saturated heterocycles. The van der Waals surface area contributed by atoms with Crippen molar-refractivity contribution in [2.75, 3.05) is 6.61 Å². The molecule has 0 atom stereocenters. The van der Waals surface area contributed by atoms with Crippen LogP contribution in [0.2, 0.25) is 0 Å². The van der Waals surface area contributed by atoms with Crippen molar-refractivity contribution in [3.63, 3.8) is 0 Å². The molecule has 66 valence electrons. The first-order chi connectivity index (χ1) is 4.95. The van der Waals surface area contributed by atoms with Gasteiger partial charge in [0.25, 0.3) is 0 Å². The van der Waals surface area contributed by atoms with Gasteiger partial charge < -0.3 is 4.74 Å². The van der Waals surface area contributed by atoms with E-state index in [1.807, 2.05) is 26.2 Å². The number of hydrogen-bond donors (Lipinski definition) is 2. The van der Waals surface area contributed by atoms with Gasteiger partial charge in [0.1, 0.15) is 0 Å². The number of ether oxygens (including phenoxy) is 1. The summed E-state index contributed by atoms with van der Waals surface area (Å²) >= 11 is 0. The van der Waals surface area contributed by atoms with E-state index in [-0.39, 0.29) is 11.5 Å². The molecule has 0 saturated carbocycles. The summed E-state index contributed by atoms with van der Waals surface area (Å²) < 4.78 is 5.29. The van der Waals surface area contributed by atoms with E-state index in [4.69, 9.17) is 10.6 Å². The third-order valence-electron chi connectivity index (χ3n) is 1.03. The largest absolute Gasteiger partial charge is 0.375 e. The summed E-state index contributed by atoms with van der Waals surface area (Å²) in [6.45, 7) is 6.22. The molecular weight excluding hydrogens is 144 g/mol. The SMILES string of the molecule is CC(C)(C)OCCC(=O)NN. The van der Waals surface area contributed by atoms with E-state index in [2.05, 4.69) is 0 Å². The van der Waals surface area contributed by atoms with Crippen LogP contribution in [0.5, 0.6) is 0 Å². The van der Waals surface area contributed by atoms with E-state index in [0.29, 0.717) is 13.0 Å². The molecule has 0 unspecified atom stereocenters. The van der Waals surface area contributed by atoms with E-state index in [1.165, 1.54) is 0 Å². The van der Waals surface area contributed by atoms with Crippen LogP contribution < -0.4 is 11.3 Å². The molecule has 0 fully saturated rings. The lowest BCUT2D eigenvalue weighted by Gasteiger charge is -2.18. The molecule has 11 heavy (non-hydrogen) atoms. The normalized spacial score (nSPS) is 11.3. The summed E-state index contributed by atoms with van der Waals surface area (Å²) in [7, 11) is 0. The Morgan fingerprint density at radius 2 is 2.09 bits per heavy atom. The van der Waals surface area contributed by atoms with Crippen molar-refractivity contribution in [1.29, 1.82) is 0 Å². The quantitative estimate of drug-likeness (QED) is 0.351. The summed E-state index contributed by atoms with van der Waals surface area (Å²) in [5, 5.41) is 0. The van der Waals surface area contributed by atoms with Crippen LogP contribution >= 0.6 is 0 Å². The molecule has 1 amide bonds. The second kappa shape index (κ2) is 4.31. The van der Waals surface area contributed by atoms with Crippen LogP contribution in [-0.4, -0.2) is 18.1 Å². The predicted molar refractivity (Wildman–Crippen MR) is 42.7 cm³/mol. The number of nitrogens with two attached hydrogens (primary N) is 1. The molecule has 0 radical (unpaired) electrons. The maximum absolute atomic E-state index is 10.6. The molecule has 4 heteroatoms. The van der Waals surface area contributed by atoms with Gasteiger partial charge in [-0.25, -0.2) is 5.84 Å². The Balaban J connectivity index is 3.35. The molecular formula is C7H16N2O2. The van der Waals surface area contributed by atoms with E-state index in [9.17, 15) is 4.79 Å². The zero-order valence-corrected chi connectivity index (χ0v) is 7.31. The molecule has 0 aromatic carbocycles. The van der Waals surface area contributed by atoms with Crippen molar-refractivity contribution in [2.45, 2.75) is 32.8 Å². The van der Waals surface area contributed by atoms with E-state index >= 15 is 0 Å². The zero-order chi connectivity index (χ0) is 8.91. The highest BCUT2D eigenvalue weighted by Gasteiger charge is 2.10. The molecule has 0 aromatic rings. The van der Waals surface area contributed by atoms with Gasteiger partial charge in [0, 0.05) is 0 Å². The van der Waals surface area contributed by atoms with Crippen LogP contribution in [0.25, 0.3) is 0 Å². The van der Waals surface area contributed by atoms with Gasteiger partial charge in [0.15, 0.2) is 0 Å². The Morgan fingerprint density at radius 3 is 2.45 bits per heavy atom. The Hall–Kier alpha value is -0.610. The highest BCUT2D eigenvalue weighted by molar-refractivity contribution is 5.75. The Kier molecular flexibility index (Phi) is 4.07. The lowest BCUT2D eigenvalue weighted by atomic mass is 10.2. The van der Waals surface area contributed by atoms with Crippen molar-refractivity contribution in [3.05, 3.63) is 0 Å². The third kappa shape index (κ3) is 7.29. The first kappa shape index (κ1) is 10.4. The minimum atomic E-state index is -0.200. The third-order valence-corrected chi connectivity index (χ3v) is 1.03. The first-order valence-electron chi connectivity index (χ1n) is 3.59. The fourth-order valence-electron chi connectivity index (χ4n) is 0.522. The Labute approximate surface area is 67.1 Å². The summed E-state index contributed by atoms with van der Waals surface area (Å²) in [6, 6.07) is 0. The van der Waals surface area contributed by atoms with Gasteiger partial charge in [-0.2, -0.15) is 0 Å². The molecule has 4 nitrogen and oxygen atoms in total. The van der Waals surface area contributed by atoms with Crippen molar-refractivity contribution in [1.82, 2.24) is 5.43 Å². The molecule has 3 N–H and O–H groups in total. The predicted octanol–water partition coefficient (Wildman–Crippen LogP) is 0.181. The molecule has 0 spiro atoms. The van der Waals surface area contributed by atoms with Crippen molar-refractivity contribution < 1.29 is 9.53 Å². The summed E-state index contributed by atoms with van der Waals surface area (Å²) in [5.41, 5.74) is 1.85. The van der Waals surface area contributed by atoms with E-state index in [1.54, 1.807) is 0 Å². The average Bonchev–Trinajstić information content (AvgIpc) is 1.85. The number of hydrogen-bond acceptors (Lipinski definition) is 3. The van der Waals surface area contributed by atoms with Crippen LogP contribution in [-0.2, 0) is 9.53 Å². The summed E-state index contributed by atoms with van der Waals surface area (Å²) in [4.78, 5) is 10.6. The molecule has 0 aliphatic carbocycles. The Bertz CT molecular complexity index is 129. The van der Waals surface area contributed by atoms with Gasteiger partial charge in [-0.1, -0.05) is 0 Å². The van der Waals surface area contributed by atoms with Crippen molar-refractivity contribution in [2.24, 2.45) is 5.84 Å². The molecule has 0 aliphatic rings. The molecule has 0 rings (SSSR count). The second-order valence-electron chi connectivity index (χ2n) is 3.28. The standard InChI is InChI=1S/C7H16N2O2/c1-7(2,3)11-5-4-6(10)9-8/h4-5,8H2,1-3H3,(H,9,10). The van der Waals surface area contributed by atoms with Crippen LogP contribution in [0.3, 0.4) is 0 Å². The lowest BCUT2D eigenvalue weighted by molar-refractivity contribution is -0.123. The van der Waals surface area contributed by atoms with Crippen molar-refractivity contribution >= 4 is 5.91 Å². The van der Waals surface area contributed by atoms with Crippen LogP contribution in [0.15, 0.2) is 0 Å². The topological polar surface area (TPSA) is 64.3 Å². The van der Waals surface area contributed by atoms with Gasteiger partial charge >= 0.3 is 0 Å². The molecule has 0 aromatic heterocycles. The van der Waals surface area contributed by atoms with Gasteiger partial charge in [-0.15, -0.1) is 0 Å². The van der Waals surface area contributed by atoms with E-state index in [0.717, 1.165) is 0 Å². The average molecular weight is 160 g/mol. The maximum Gasteiger partial charge on any atom is 0.236 e. The summed E-state index contributed by atoms with van der Waals surface area (Å²) in [6.07, 6.45) is 0.313. The van der Waals surface area contributed by atoms with Gasteiger partial charge in [-0.3, -0.25) is 10.2 Å². The monoisotopic (exact) mass is 160 g/mol.